The van der Waals surface area contributed by atoms with Crippen LogP contribution in [0.5, 0.6) is 5.75 Å². The predicted octanol–water partition coefficient (Wildman–Crippen LogP) is 4.52. The molecule has 142 valence electrons. The van der Waals surface area contributed by atoms with Gasteiger partial charge in [0.05, 0.1) is 18.5 Å². The van der Waals surface area contributed by atoms with Crippen molar-refractivity contribution in [2.45, 2.75) is 39.8 Å². The number of alkyl halides is 3. The van der Waals surface area contributed by atoms with Gasteiger partial charge < -0.3 is 14.1 Å². The highest BCUT2D eigenvalue weighted by molar-refractivity contribution is 5.80. The van der Waals surface area contributed by atoms with Gasteiger partial charge in [0.25, 0.3) is 0 Å². The van der Waals surface area contributed by atoms with Gasteiger partial charge >= 0.3 is 6.18 Å². The molecule has 0 aliphatic heterocycles. The number of nitrogens with zero attached hydrogens (tertiary/aromatic N) is 2. The van der Waals surface area contributed by atoms with Gasteiger partial charge in [0, 0.05) is 12.5 Å². The van der Waals surface area contributed by atoms with E-state index >= 15 is 0 Å². The summed E-state index contributed by atoms with van der Waals surface area (Å²) in [5.41, 5.74) is 3.24. The lowest BCUT2D eigenvalue weighted by Gasteiger charge is -2.12. The zero-order chi connectivity index (χ0) is 19.2. The van der Waals surface area contributed by atoms with Crippen LogP contribution in [0.25, 0.3) is 0 Å². The number of ether oxygens (including phenoxy) is 1. The summed E-state index contributed by atoms with van der Waals surface area (Å²) in [6.07, 6.45) is -1.63. The molecule has 0 fully saturated rings. The highest BCUT2D eigenvalue weighted by Gasteiger charge is 2.28. The van der Waals surface area contributed by atoms with Crippen LogP contribution >= 0.6 is 0 Å². The third-order valence-corrected chi connectivity index (χ3v) is 3.48. The predicted molar refractivity (Wildman–Crippen MR) is 90.6 cm³/mol. The molecule has 0 saturated heterocycles. The van der Waals surface area contributed by atoms with Crippen molar-refractivity contribution in [3.63, 3.8) is 0 Å². The maximum Gasteiger partial charge on any atom is 0.425 e. The van der Waals surface area contributed by atoms with Gasteiger partial charge in [-0.05, 0) is 56.0 Å². The minimum atomic E-state index is -4.40. The first-order valence-electron chi connectivity index (χ1n) is 8.13. The summed E-state index contributed by atoms with van der Waals surface area (Å²) in [6, 6.07) is 5.46. The molecule has 0 spiro atoms. The summed E-state index contributed by atoms with van der Waals surface area (Å²) in [6.45, 7) is 4.72. The van der Waals surface area contributed by atoms with E-state index in [0.717, 1.165) is 41.2 Å². The molecular weight excluding hydrogens is 349 g/mol. The van der Waals surface area contributed by atoms with Crippen molar-refractivity contribution in [3.8, 4) is 5.75 Å². The maximum absolute atomic E-state index is 12.0. The number of aromatic nitrogens is 1. The fourth-order valence-electron chi connectivity index (χ4n) is 2.45. The molecule has 1 aromatic carbocycles. The number of benzene rings is 1. The minimum absolute atomic E-state index is 0.517. The van der Waals surface area contributed by atoms with E-state index in [1.54, 1.807) is 12.1 Å². The zero-order valence-electron chi connectivity index (χ0n) is 14.9. The third kappa shape index (κ3) is 6.42. The second kappa shape index (κ2) is 8.73. The smallest absolute Gasteiger partial charge is 0.425 e. The van der Waals surface area contributed by atoms with Gasteiger partial charge in [0.15, 0.2) is 0 Å². The van der Waals surface area contributed by atoms with Crippen molar-refractivity contribution in [2.75, 3.05) is 13.2 Å². The minimum Gasteiger partial charge on any atom is -0.493 e. The molecular formula is C18H21F3N2O3. The van der Waals surface area contributed by atoms with Crippen LogP contribution in [0, 0.1) is 20.8 Å². The Bertz CT molecular complexity index is 731. The summed E-state index contributed by atoms with van der Waals surface area (Å²) in [5, 5.41) is 7.18. The van der Waals surface area contributed by atoms with Crippen molar-refractivity contribution in [3.05, 3.63) is 46.3 Å². The second-order valence-electron chi connectivity index (χ2n) is 5.99. The lowest BCUT2D eigenvalue weighted by Crippen LogP contribution is -2.14. The van der Waals surface area contributed by atoms with E-state index in [1.807, 2.05) is 26.8 Å². The Hall–Kier alpha value is -2.51. The zero-order valence-corrected chi connectivity index (χ0v) is 14.9. The Morgan fingerprint density at radius 3 is 2.42 bits per heavy atom. The van der Waals surface area contributed by atoms with E-state index in [1.165, 1.54) is 6.21 Å². The first kappa shape index (κ1) is 19.8. The molecule has 5 nitrogen and oxygen atoms in total. The summed E-state index contributed by atoms with van der Waals surface area (Å²) < 4.78 is 47.0. The number of oxime groups is 1. The van der Waals surface area contributed by atoms with Gasteiger partial charge in [-0.2, -0.15) is 13.2 Å². The molecule has 0 atom stereocenters. The molecule has 8 heteroatoms. The van der Waals surface area contributed by atoms with Crippen molar-refractivity contribution < 1.29 is 27.3 Å². The monoisotopic (exact) mass is 370 g/mol. The number of hydrogen-bond acceptors (Lipinski definition) is 5. The average Bonchev–Trinajstić information content (AvgIpc) is 2.94. The Balaban J connectivity index is 1.86. The molecule has 0 aliphatic rings. The van der Waals surface area contributed by atoms with Gasteiger partial charge in [-0.15, -0.1) is 0 Å². The average molecular weight is 370 g/mol. The van der Waals surface area contributed by atoms with Crippen LogP contribution in [0.1, 0.15) is 34.6 Å². The van der Waals surface area contributed by atoms with Crippen molar-refractivity contribution in [1.29, 1.82) is 0 Å². The van der Waals surface area contributed by atoms with Gasteiger partial charge in [-0.3, -0.25) is 0 Å². The van der Waals surface area contributed by atoms with Gasteiger partial charge in [0.1, 0.15) is 11.5 Å². The van der Waals surface area contributed by atoms with Gasteiger partial charge in [-0.1, -0.05) is 10.3 Å². The normalized spacial score (nSPS) is 11.9. The van der Waals surface area contributed by atoms with Crippen LogP contribution < -0.4 is 4.74 Å². The molecule has 0 bridgehead atoms. The summed E-state index contributed by atoms with van der Waals surface area (Å²) in [4.78, 5) is 4.23. The van der Waals surface area contributed by atoms with E-state index in [9.17, 15) is 13.2 Å². The van der Waals surface area contributed by atoms with E-state index in [2.05, 4.69) is 15.1 Å². The van der Waals surface area contributed by atoms with Crippen LogP contribution in [0.2, 0.25) is 0 Å². The molecule has 0 saturated carbocycles. The molecule has 1 aromatic heterocycles. The molecule has 2 rings (SSSR count). The highest BCUT2D eigenvalue weighted by Crippen LogP contribution is 2.24. The number of aryl methyl sites for hydroxylation is 4. The molecule has 0 amide bonds. The summed E-state index contributed by atoms with van der Waals surface area (Å²) >= 11 is 0. The van der Waals surface area contributed by atoms with E-state index < -0.39 is 12.8 Å². The topological polar surface area (TPSA) is 56.9 Å². The van der Waals surface area contributed by atoms with Crippen LogP contribution in [-0.4, -0.2) is 30.8 Å². The van der Waals surface area contributed by atoms with Crippen LogP contribution in [0.4, 0.5) is 13.2 Å². The maximum atomic E-state index is 12.0. The van der Waals surface area contributed by atoms with Crippen LogP contribution in [0.3, 0.4) is 0 Å². The molecule has 0 unspecified atom stereocenters. The Labute approximate surface area is 149 Å². The van der Waals surface area contributed by atoms with E-state index in [4.69, 9.17) is 9.26 Å². The lowest BCUT2D eigenvalue weighted by molar-refractivity contribution is -0.173. The largest absolute Gasteiger partial charge is 0.493 e. The van der Waals surface area contributed by atoms with Crippen molar-refractivity contribution >= 4 is 6.21 Å². The Morgan fingerprint density at radius 1 is 1.15 bits per heavy atom. The molecule has 26 heavy (non-hydrogen) atoms. The quantitative estimate of drug-likeness (QED) is 0.389. The first-order chi connectivity index (χ1) is 12.2. The SMILES string of the molecule is Cc1cc(CCCOc2c(C)cc(/C=N/OCC(F)(F)F)cc2C)on1. The molecule has 0 N–H and O–H groups in total. The van der Waals surface area contributed by atoms with Crippen LogP contribution in [0.15, 0.2) is 27.9 Å². The fourth-order valence-corrected chi connectivity index (χ4v) is 2.45. The van der Waals surface area contributed by atoms with Gasteiger partial charge in [-0.25, -0.2) is 0 Å². The lowest BCUT2D eigenvalue weighted by atomic mass is 10.1. The standard InChI is InChI=1S/C18H21F3N2O3/c1-12-7-15(10-22-25-11-18(19,20)21)8-13(2)17(12)24-6-4-5-16-9-14(3)23-26-16/h7-10H,4-6,11H2,1-3H3/b22-10+. The molecule has 1 heterocycles. The number of halogens is 3. The third-order valence-electron chi connectivity index (χ3n) is 3.48. The summed E-state index contributed by atoms with van der Waals surface area (Å²) in [5.74, 6) is 1.58. The van der Waals surface area contributed by atoms with Gasteiger partial charge in [0.2, 0.25) is 6.61 Å². The van der Waals surface area contributed by atoms with E-state index in [0.29, 0.717) is 12.2 Å². The second-order valence-corrected chi connectivity index (χ2v) is 5.99. The number of rotatable bonds is 8. The fraction of sp³-hybridized carbons (Fsp3) is 0.444. The Morgan fingerprint density at radius 2 is 1.85 bits per heavy atom. The Kier molecular flexibility index (Phi) is 6.65. The summed E-state index contributed by atoms with van der Waals surface area (Å²) in [7, 11) is 0. The molecule has 0 radical (unpaired) electrons. The van der Waals surface area contributed by atoms with E-state index in [-0.39, 0.29) is 0 Å². The highest BCUT2D eigenvalue weighted by atomic mass is 19.4. The first-order valence-corrected chi connectivity index (χ1v) is 8.13. The van der Waals surface area contributed by atoms with Crippen molar-refractivity contribution in [1.82, 2.24) is 5.16 Å². The van der Waals surface area contributed by atoms with Crippen molar-refractivity contribution in [2.24, 2.45) is 5.16 Å². The number of hydrogen-bond donors (Lipinski definition) is 0. The van der Waals surface area contributed by atoms with Crippen LogP contribution in [-0.2, 0) is 11.3 Å². The molecule has 0 aliphatic carbocycles. The molecule has 2 aromatic rings.